The van der Waals surface area contributed by atoms with E-state index in [0.29, 0.717) is 6.04 Å². The first kappa shape index (κ1) is 13.4. The van der Waals surface area contributed by atoms with E-state index in [0.717, 1.165) is 6.42 Å². The monoisotopic (exact) mass is 260 g/mol. The molecule has 3 rings (SSSR count). The molecule has 1 atom stereocenters. The van der Waals surface area contributed by atoms with Crippen LogP contribution in [0.5, 0.6) is 0 Å². The molecule has 1 N–H and O–H groups in total. The van der Waals surface area contributed by atoms with Crippen molar-refractivity contribution < 1.29 is 12.4 Å². The largest absolute Gasteiger partial charge is 1.00 e. The Hall–Kier alpha value is -1.05. The van der Waals surface area contributed by atoms with Crippen LogP contribution in [0.1, 0.15) is 37.9 Å². The molecule has 0 amide bonds. The second-order valence-electron chi connectivity index (χ2n) is 5.78. The van der Waals surface area contributed by atoms with E-state index >= 15 is 0 Å². The Bertz CT molecular complexity index is 574. The molecule has 1 heterocycles. The van der Waals surface area contributed by atoms with Crippen LogP contribution in [0, 0.1) is 0 Å². The zero-order chi connectivity index (χ0) is 12.0. The highest BCUT2D eigenvalue weighted by Gasteiger charge is 2.29. The van der Waals surface area contributed by atoms with Crippen LogP contribution < -0.4 is 17.7 Å². The summed E-state index contributed by atoms with van der Waals surface area (Å²) >= 11 is 0. The molecule has 2 heteroatoms. The minimum atomic E-state index is 0. The van der Waals surface area contributed by atoms with Crippen molar-refractivity contribution in [2.24, 2.45) is 0 Å². The average molecular weight is 261 g/mol. The van der Waals surface area contributed by atoms with Gasteiger partial charge < -0.3 is 17.7 Å². The maximum absolute atomic E-state index is 3.68. The minimum absolute atomic E-state index is 0. The number of nitrogens with one attached hydrogen (secondary N) is 1. The van der Waals surface area contributed by atoms with Gasteiger partial charge >= 0.3 is 0 Å². The average Bonchev–Trinajstić information content (AvgIpc) is 2.27. The first-order chi connectivity index (χ1) is 8.07. The Morgan fingerprint density at radius 1 is 1.11 bits per heavy atom. The van der Waals surface area contributed by atoms with E-state index in [1.54, 1.807) is 0 Å². The van der Waals surface area contributed by atoms with Gasteiger partial charge in [0.1, 0.15) is 0 Å². The van der Waals surface area contributed by atoms with E-state index < -0.39 is 0 Å². The van der Waals surface area contributed by atoms with Crippen LogP contribution in [0.3, 0.4) is 0 Å². The van der Waals surface area contributed by atoms with Crippen molar-refractivity contribution >= 4 is 10.8 Å². The molecule has 1 nitrogen and oxygen atoms in total. The molecule has 0 aliphatic carbocycles. The van der Waals surface area contributed by atoms with Gasteiger partial charge in [0.25, 0.3) is 0 Å². The van der Waals surface area contributed by atoms with Gasteiger partial charge in [-0.1, -0.05) is 36.4 Å². The maximum Gasteiger partial charge on any atom is 0.0299 e. The predicted octanol–water partition coefficient (Wildman–Crippen LogP) is 0.829. The van der Waals surface area contributed by atoms with Gasteiger partial charge in [-0.05, 0) is 49.1 Å². The number of hydrogen-bond donors (Lipinski definition) is 1. The summed E-state index contributed by atoms with van der Waals surface area (Å²) < 4.78 is 0. The molecular weight excluding hydrogens is 242 g/mol. The number of halogens is 1. The van der Waals surface area contributed by atoms with Crippen molar-refractivity contribution in [2.45, 2.75) is 38.8 Å². The van der Waals surface area contributed by atoms with Gasteiger partial charge in [-0.3, -0.25) is 0 Å². The summed E-state index contributed by atoms with van der Waals surface area (Å²) in [5, 5.41) is 6.46. The summed E-state index contributed by atoms with van der Waals surface area (Å²) in [4.78, 5) is 0. The van der Waals surface area contributed by atoms with Crippen molar-refractivity contribution in [3.8, 4) is 0 Å². The van der Waals surface area contributed by atoms with E-state index in [-0.39, 0.29) is 17.9 Å². The van der Waals surface area contributed by atoms with Crippen LogP contribution in [-0.4, -0.2) is 5.54 Å². The summed E-state index contributed by atoms with van der Waals surface area (Å²) in [5.74, 6) is 0. The summed E-state index contributed by atoms with van der Waals surface area (Å²) in [7, 11) is 0. The van der Waals surface area contributed by atoms with E-state index in [1.807, 2.05) is 0 Å². The van der Waals surface area contributed by atoms with Gasteiger partial charge in [0, 0.05) is 11.6 Å². The van der Waals surface area contributed by atoms with Crippen molar-refractivity contribution in [2.75, 3.05) is 0 Å². The van der Waals surface area contributed by atoms with Crippen LogP contribution in [0.15, 0.2) is 36.4 Å². The van der Waals surface area contributed by atoms with Crippen LogP contribution in [0.4, 0.5) is 0 Å². The van der Waals surface area contributed by atoms with Crippen LogP contribution in [-0.2, 0) is 6.42 Å². The van der Waals surface area contributed by atoms with Crippen molar-refractivity contribution in [1.82, 2.24) is 5.32 Å². The first-order valence-corrected chi connectivity index (χ1v) is 6.35. The molecule has 1 aliphatic rings. The predicted molar refractivity (Wildman–Crippen MR) is 73.3 cm³/mol. The molecule has 0 saturated heterocycles. The highest BCUT2D eigenvalue weighted by molar-refractivity contribution is 5.87. The fraction of sp³-hybridized carbons (Fsp3) is 0.375. The third-order valence-electron chi connectivity index (χ3n) is 3.77. The molecule has 0 radical (unpaired) electrons. The third kappa shape index (κ3) is 2.13. The molecule has 0 fully saturated rings. The normalized spacial score (nSPS) is 21.2. The van der Waals surface area contributed by atoms with E-state index in [9.17, 15) is 0 Å². The van der Waals surface area contributed by atoms with E-state index in [1.165, 1.54) is 21.9 Å². The van der Waals surface area contributed by atoms with E-state index in [4.69, 9.17) is 0 Å². The molecule has 0 spiro atoms. The highest BCUT2D eigenvalue weighted by Crippen LogP contribution is 2.34. The summed E-state index contributed by atoms with van der Waals surface area (Å²) in [6.45, 7) is 6.83. The van der Waals surface area contributed by atoms with Crippen molar-refractivity contribution in [3.63, 3.8) is 0 Å². The van der Waals surface area contributed by atoms with Gasteiger partial charge in [-0.15, -0.1) is 0 Å². The molecular formula is C16H19ClN-. The Kier molecular flexibility index (Phi) is 3.39. The summed E-state index contributed by atoms with van der Waals surface area (Å²) in [6, 6.07) is 13.7. The fourth-order valence-corrected chi connectivity index (χ4v) is 3.11. The van der Waals surface area contributed by atoms with Gasteiger partial charge in [-0.25, -0.2) is 0 Å². The first-order valence-electron chi connectivity index (χ1n) is 6.35. The van der Waals surface area contributed by atoms with Gasteiger partial charge in [-0.2, -0.15) is 0 Å². The Balaban J connectivity index is 0.00000120. The van der Waals surface area contributed by atoms with Crippen LogP contribution in [0.25, 0.3) is 10.8 Å². The topological polar surface area (TPSA) is 12.0 Å². The zero-order valence-corrected chi connectivity index (χ0v) is 11.9. The summed E-state index contributed by atoms with van der Waals surface area (Å²) in [6.07, 6.45) is 1.11. The number of benzene rings is 2. The number of rotatable bonds is 0. The lowest BCUT2D eigenvalue weighted by Gasteiger charge is -2.38. The highest BCUT2D eigenvalue weighted by atomic mass is 35.5. The molecule has 2 aromatic carbocycles. The van der Waals surface area contributed by atoms with Gasteiger partial charge in [0.2, 0.25) is 0 Å². The second kappa shape index (κ2) is 4.56. The fourth-order valence-electron chi connectivity index (χ4n) is 3.11. The zero-order valence-electron chi connectivity index (χ0n) is 11.1. The Labute approximate surface area is 115 Å². The second-order valence-corrected chi connectivity index (χ2v) is 5.78. The van der Waals surface area contributed by atoms with Gasteiger partial charge in [0.15, 0.2) is 0 Å². The lowest BCUT2D eigenvalue weighted by molar-refractivity contribution is -0.00000434. The lowest BCUT2D eigenvalue weighted by Crippen LogP contribution is -3.00. The maximum atomic E-state index is 3.68. The van der Waals surface area contributed by atoms with Gasteiger partial charge in [0.05, 0.1) is 0 Å². The molecule has 2 aromatic rings. The lowest BCUT2D eigenvalue weighted by atomic mass is 9.82. The smallest absolute Gasteiger partial charge is 0.0299 e. The van der Waals surface area contributed by atoms with Crippen molar-refractivity contribution in [3.05, 3.63) is 47.5 Å². The molecule has 1 aliphatic heterocycles. The quantitative estimate of drug-likeness (QED) is 0.740. The Morgan fingerprint density at radius 2 is 1.83 bits per heavy atom. The van der Waals surface area contributed by atoms with Crippen LogP contribution in [0.2, 0.25) is 0 Å². The molecule has 0 bridgehead atoms. The molecule has 96 valence electrons. The molecule has 18 heavy (non-hydrogen) atoms. The van der Waals surface area contributed by atoms with Crippen LogP contribution >= 0.6 is 0 Å². The minimum Gasteiger partial charge on any atom is -1.00 e. The number of hydrogen-bond acceptors (Lipinski definition) is 1. The molecule has 0 saturated carbocycles. The molecule has 0 aromatic heterocycles. The summed E-state index contributed by atoms with van der Waals surface area (Å²) in [5.41, 5.74) is 3.18. The Morgan fingerprint density at radius 3 is 2.61 bits per heavy atom. The SMILES string of the molecule is CC1NC(C)(C)Cc2c1ccc1ccccc21.[Cl-]. The number of fused-ring (bicyclic) bond motifs is 3. The van der Waals surface area contributed by atoms with E-state index in [2.05, 4.69) is 62.5 Å². The van der Waals surface area contributed by atoms with Crippen molar-refractivity contribution in [1.29, 1.82) is 0 Å². The standard InChI is InChI=1S/C16H19N.ClH/c1-11-13-9-8-12-6-4-5-7-14(12)15(13)10-16(2,3)17-11;/h4-9,11,17H,10H2,1-3H3;1H/p-1. The molecule has 1 unspecified atom stereocenters. The third-order valence-corrected chi connectivity index (χ3v) is 3.77.